The van der Waals surface area contributed by atoms with Crippen LogP contribution in [-0.2, 0) is 0 Å². The predicted octanol–water partition coefficient (Wildman–Crippen LogP) is 4.81. The van der Waals surface area contributed by atoms with E-state index >= 15 is 0 Å². The molecule has 0 bridgehead atoms. The first kappa shape index (κ1) is 25.1. The first-order valence-corrected chi connectivity index (χ1v) is 12.6. The highest BCUT2D eigenvalue weighted by molar-refractivity contribution is 6.35. The molecule has 192 valence electrons. The molecule has 1 saturated carbocycles. The maximum absolute atomic E-state index is 13.7. The quantitative estimate of drug-likeness (QED) is 0.273. The van der Waals surface area contributed by atoms with Crippen molar-refractivity contribution in [3.8, 4) is 6.07 Å². The zero-order valence-corrected chi connectivity index (χ0v) is 21.4. The molecule has 1 aliphatic heterocycles. The van der Waals surface area contributed by atoms with Crippen molar-refractivity contribution in [2.45, 2.75) is 38.8 Å². The van der Waals surface area contributed by atoms with Gasteiger partial charge in [-0.3, -0.25) is 9.99 Å². The Labute approximate surface area is 220 Å². The Hall–Kier alpha value is -3.58. The number of aliphatic hydroxyl groups excluding tert-OH is 1. The maximum atomic E-state index is 13.7. The third kappa shape index (κ3) is 5.42. The number of anilines is 2. The molecule has 1 aromatic heterocycles. The molecule has 3 aromatic rings. The SMILES string of the molecule is CC(C)(CO)CNc1c(C#N)cnc2c(Cl)cc(NC(C3=CN(C4CC4)NN3)c3ccc(F)cc3)cc12. The summed E-state index contributed by atoms with van der Waals surface area (Å²) in [6.07, 6.45) is 5.79. The van der Waals surface area contributed by atoms with Gasteiger partial charge in [0.25, 0.3) is 0 Å². The van der Waals surface area contributed by atoms with E-state index in [2.05, 4.69) is 37.7 Å². The van der Waals surface area contributed by atoms with E-state index in [-0.39, 0.29) is 18.5 Å². The lowest BCUT2D eigenvalue weighted by atomic mass is 9.94. The zero-order chi connectivity index (χ0) is 26.2. The van der Waals surface area contributed by atoms with Crippen LogP contribution in [0, 0.1) is 22.6 Å². The number of aromatic nitrogens is 1. The molecule has 0 saturated heterocycles. The van der Waals surface area contributed by atoms with Gasteiger partial charge in [0.1, 0.15) is 11.9 Å². The Kier molecular flexibility index (Phi) is 6.82. The molecule has 37 heavy (non-hydrogen) atoms. The van der Waals surface area contributed by atoms with Gasteiger partial charge in [0.05, 0.1) is 33.5 Å². The van der Waals surface area contributed by atoms with E-state index in [0.717, 1.165) is 24.1 Å². The van der Waals surface area contributed by atoms with Gasteiger partial charge in [0, 0.05) is 48.1 Å². The number of nitrogens with zero attached hydrogens (tertiary/aromatic N) is 3. The van der Waals surface area contributed by atoms with Gasteiger partial charge in [0.15, 0.2) is 0 Å². The molecule has 2 heterocycles. The number of nitriles is 1. The predicted molar refractivity (Wildman–Crippen MR) is 143 cm³/mol. The Morgan fingerprint density at radius 2 is 2.05 bits per heavy atom. The zero-order valence-electron chi connectivity index (χ0n) is 20.6. The van der Waals surface area contributed by atoms with Gasteiger partial charge in [-0.15, -0.1) is 5.53 Å². The summed E-state index contributed by atoms with van der Waals surface area (Å²) in [4.78, 5) is 4.42. The van der Waals surface area contributed by atoms with Gasteiger partial charge in [-0.05, 0) is 42.7 Å². The van der Waals surface area contributed by atoms with Crippen LogP contribution >= 0.6 is 11.6 Å². The molecule has 1 atom stereocenters. The van der Waals surface area contributed by atoms with Crippen LogP contribution in [-0.4, -0.2) is 34.3 Å². The summed E-state index contributed by atoms with van der Waals surface area (Å²) in [5, 5.41) is 29.5. The van der Waals surface area contributed by atoms with Crippen LogP contribution < -0.4 is 21.6 Å². The first-order valence-electron chi connectivity index (χ1n) is 12.2. The molecule has 5 rings (SSSR count). The maximum Gasteiger partial charge on any atom is 0.123 e. The fraction of sp³-hybridized carbons (Fsp3) is 0.333. The van der Waals surface area contributed by atoms with Gasteiger partial charge < -0.3 is 21.2 Å². The van der Waals surface area contributed by atoms with Crippen molar-refractivity contribution in [3.05, 3.63) is 76.5 Å². The number of fused-ring (bicyclic) bond motifs is 1. The van der Waals surface area contributed by atoms with Gasteiger partial charge >= 0.3 is 0 Å². The van der Waals surface area contributed by atoms with Gasteiger partial charge in [-0.1, -0.05) is 37.6 Å². The van der Waals surface area contributed by atoms with E-state index in [4.69, 9.17) is 11.6 Å². The second-order valence-electron chi connectivity index (χ2n) is 10.3. The molecule has 0 spiro atoms. The van der Waals surface area contributed by atoms with Crippen LogP contribution in [0.5, 0.6) is 0 Å². The molecular weight excluding hydrogens is 493 g/mol. The van der Waals surface area contributed by atoms with E-state index in [0.29, 0.717) is 45.5 Å². The lowest BCUT2D eigenvalue weighted by Gasteiger charge is -2.24. The fourth-order valence-electron chi connectivity index (χ4n) is 4.20. The van der Waals surface area contributed by atoms with E-state index in [9.17, 15) is 14.8 Å². The van der Waals surface area contributed by atoms with E-state index in [1.54, 1.807) is 18.2 Å². The fourth-order valence-corrected chi connectivity index (χ4v) is 4.47. The molecule has 8 nitrogen and oxygen atoms in total. The van der Waals surface area contributed by atoms with Crippen molar-refractivity contribution in [3.63, 3.8) is 0 Å². The minimum atomic E-state index is -0.392. The Balaban J connectivity index is 1.54. The van der Waals surface area contributed by atoms with Gasteiger partial charge in [0.2, 0.25) is 0 Å². The summed E-state index contributed by atoms with van der Waals surface area (Å²) in [6, 6.07) is 12.4. The number of hydrogen-bond acceptors (Lipinski definition) is 8. The minimum Gasteiger partial charge on any atom is -0.396 e. The number of benzene rings is 2. The molecule has 2 aromatic carbocycles. The molecule has 10 heteroatoms. The third-order valence-corrected chi connectivity index (χ3v) is 6.88. The van der Waals surface area contributed by atoms with Crippen molar-refractivity contribution in [1.29, 1.82) is 5.26 Å². The lowest BCUT2D eigenvalue weighted by Crippen LogP contribution is -2.38. The standard InChI is InChI=1S/C27H29ClFN7O/c1-27(2,15-37)14-32-24-17(11-30)12-31-26-21(24)9-19(10-22(26)28)33-25(16-3-5-18(29)6-4-16)23-13-36(35-34-23)20-7-8-20/h3-6,9-10,12-13,20,25,33-35,37H,7-8,14-15H2,1-2H3,(H,31,32). The van der Waals surface area contributed by atoms with E-state index in [1.807, 2.05) is 26.1 Å². The lowest BCUT2D eigenvalue weighted by molar-refractivity contribution is 0.171. The Morgan fingerprint density at radius 3 is 2.73 bits per heavy atom. The van der Waals surface area contributed by atoms with Gasteiger partial charge in [-0.25, -0.2) is 4.39 Å². The second-order valence-corrected chi connectivity index (χ2v) is 10.7. The first-order chi connectivity index (χ1) is 17.8. The van der Waals surface area contributed by atoms with Crippen molar-refractivity contribution in [1.82, 2.24) is 21.0 Å². The number of hydrogen-bond donors (Lipinski definition) is 5. The van der Waals surface area contributed by atoms with Gasteiger partial charge in [-0.2, -0.15) is 5.26 Å². The highest BCUT2D eigenvalue weighted by Gasteiger charge is 2.32. The topological polar surface area (TPSA) is 108 Å². The third-order valence-electron chi connectivity index (χ3n) is 6.59. The second kappa shape index (κ2) is 10.1. The van der Waals surface area contributed by atoms with Crippen LogP contribution in [0.4, 0.5) is 15.8 Å². The Bertz CT molecular complexity index is 1380. The highest BCUT2D eigenvalue weighted by Crippen LogP contribution is 2.37. The van der Waals surface area contributed by atoms with Crippen LogP contribution in [0.3, 0.4) is 0 Å². The number of hydrazine groups is 2. The van der Waals surface area contributed by atoms with Crippen LogP contribution in [0.25, 0.3) is 10.9 Å². The van der Waals surface area contributed by atoms with Crippen LogP contribution in [0.1, 0.15) is 43.9 Å². The van der Waals surface area contributed by atoms with Crippen LogP contribution in [0.2, 0.25) is 5.02 Å². The molecular formula is C27H29ClFN7O. The van der Waals surface area contributed by atoms with E-state index < -0.39 is 5.41 Å². The average Bonchev–Trinajstić information content (AvgIpc) is 3.63. The number of halogens is 2. The molecule has 0 amide bonds. The molecule has 1 fully saturated rings. The summed E-state index contributed by atoms with van der Waals surface area (Å²) in [5.41, 5.74) is 10.0. The van der Waals surface area contributed by atoms with Crippen LogP contribution in [0.15, 0.2) is 54.5 Å². The molecule has 5 N–H and O–H groups in total. The summed E-state index contributed by atoms with van der Waals surface area (Å²) >= 11 is 6.68. The minimum absolute atomic E-state index is 0.00810. The largest absolute Gasteiger partial charge is 0.396 e. The Morgan fingerprint density at radius 1 is 1.30 bits per heavy atom. The number of aliphatic hydroxyl groups is 1. The molecule has 1 unspecified atom stereocenters. The summed E-state index contributed by atoms with van der Waals surface area (Å²) in [5.74, 6) is -0.307. The summed E-state index contributed by atoms with van der Waals surface area (Å²) < 4.78 is 13.7. The number of pyridine rings is 1. The normalized spacial score (nSPS) is 16.2. The average molecular weight is 522 g/mol. The van der Waals surface area contributed by atoms with Crippen molar-refractivity contribution in [2.24, 2.45) is 5.41 Å². The van der Waals surface area contributed by atoms with E-state index in [1.165, 1.54) is 18.3 Å². The molecule has 1 aliphatic carbocycles. The van der Waals surface area contributed by atoms with Crippen molar-refractivity contribution >= 4 is 33.9 Å². The van der Waals surface area contributed by atoms with Crippen molar-refractivity contribution < 1.29 is 9.50 Å². The monoisotopic (exact) mass is 521 g/mol. The summed E-state index contributed by atoms with van der Waals surface area (Å²) in [7, 11) is 0. The number of rotatable bonds is 9. The highest BCUT2D eigenvalue weighted by atomic mass is 35.5. The smallest absolute Gasteiger partial charge is 0.123 e. The molecule has 2 aliphatic rings. The molecule has 0 radical (unpaired) electrons. The summed E-state index contributed by atoms with van der Waals surface area (Å²) in [6.45, 7) is 4.31. The van der Waals surface area contributed by atoms with Crippen molar-refractivity contribution in [2.75, 3.05) is 23.8 Å². The number of nitrogens with one attached hydrogen (secondary N) is 4.